The van der Waals surface area contributed by atoms with Gasteiger partial charge >= 0.3 is 0 Å². The lowest BCUT2D eigenvalue weighted by atomic mass is 9.84. The van der Waals surface area contributed by atoms with Crippen LogP contribution in [0.15, 0.2) is 24.3 Å². The van der Waals surface area contributed by atoms with Gasteiger partial charge in [0.05, 0.1) is 11.6 Å². The molecule has 0 saturated carbocycles. The lowest BCUT2D eigenvalue weighted by Gasteiger charge is -2.34. The molecule has 0 aromatic heterocycles. The minimum atomic E-state index is -0.224. The SMILES string of the molecule is CCCNC(c1ccc(C(C)(C)C)cc1)C(C)(C)OC. The smallest absolute Gasteiger partial charge is 0.0816 e. The van der Waals surface area contributed by atoms with Gasteiger partial charge in [0.2, 0.25) is 0 Å². The highest BCUT2D eigenvalue weighted by molar-refractivity contribution is 5.30. The molecule has 0 aliphatic carbocycles. The quantitative estimate of drug-likeness (QED) is 0.829. The second-order valence-corrected chi connectivity index (χ2v) is 7.07. The minimum Gasteiger partial charge on any atom is -0.377 e. The fraction of sp³-hybridized carbons (Fsp3) is 0.667. The molecule has 0 bridgehead atoms. The Morgan fingerprint density at radius 2 is 1.60 bits per heavy atom. The van der Waals surface area contributed by atoms with Gasteiger partial charge in [0.25, 0.3) is 0 Å². The lowest BCUT2D eigenvalue weighted by molar-refractivity contribution is -0.0110. The highest BCUT2D eigenvalue weighted by Gasteiger charge is 2.30. The second-order valence-electron chi connectivity index (χ2n) is 7.07. The Kier molecular flexibility index (Phi) is 5.79. The predicted octanol–water partition coefficient (Wildman–Crippen LogP) is 4.45. The number of hydrogen-bond donors (Lipinski definition) is 1. The number of benzene rings is 1. The summed E-state index contributed by atoms with van der Waals surface area (Å²) in [4.78, 5) is 0. The molecule has 1 N–H and O–H groups in total. The molecule has 0 aliphatic rings. The van der Waals surface area contributed by atoms with Crippen LogP contribution in [0.5, 0.6) is 0 Å². The van der Waals surface area contributed by atoms with Crippen LogP contribution in [0.1, 0.15) is 65.1 Å². The van der Waals surface area contributed by atoms with Gasteiger partial charge in [0, 0.05) is 7.11 Å². The van der Waals surface area contributed by atoms with E-state index in [4.69, 9.17) is 4.74 Å². The summed E-state index contributed by atoms with van der Waals surface area (Å²) in [7, 11) is 1.78. The summed E-state index contributed by atoms with van der Waals surface area (Å²) < 4.78 is 5.69. The zero-order chi connectivity index (χ0) is 15.4. The van der Waals surface area contributed by atoms with Crippen molar-refractivity contribution in [2.24, 2.45) is 0 Å². The number of hydrogen-bond acceptors (Lipinski definition) is 2. The molecule has 2 heteroatoms. The third-order valence-electron chi connectivity index (χ3n) is 3.93. The number of ether oxygens (including phenoxy) is 1. The van der Waals surface area contributed by atoms with Gasteiger partial charge in [-0.3, -0.25) is 0 Å². The van der Waals surface area contributed by atoms with Gasteiger partial charge in [-0.2, -0.15) is 0 Å². The van der Waals surface area contributed by atoms with E-state index in [1.165, 1.54) is 11.1 Å². The van der Waals surface area contributed by atoms with Crippen molar-refractivity contribution in [2.75, 3.05) is 13.7 Å². The summed E-state index contributed by atoms with van der Waals surface area (Å²) in [5, 5.41) is 3.61. The summed E-state index contributed by atoms with van der Waals surface area (Å²) >= 11 is 0. The summed E-state index contributed by atoms with van der Waals surface area (Å²) in [5.74, 6) is 0. The predicted molar refractivity (Wildman–Crippen MR) is 87.3 cm³/mol. The summed E-state index contributed by atoms with van der Waals surface area (Å²) in [6.07, 6.45) is 1.12. The van der Waals surface area contributed by atoms with E-state index in [0.717, 1.165) is 13.0 Å². The van der Waals surface area contributed by atoms with E-state index in [2.05, 4.69) is 71.1 Å². The van der Waals surface area contributed by atoms with Crippen molar-refractivity contribution in [3.8, 4) is 0 Å². The standard InChI is InChI=1S/C18H31NO/c1-8-13-19-16(18(5,6)20-7)14-9-11-15(12-10-14)17(2,3)4/h9-12,16,19H,8,13H2,1-7H3. The highest BCUT2D eigenvalue weighted by atomic mass is 16.5. The number of rotatable bonds is 6. The van der Waals surface area contributed by atoms with Gasteiger partial charge in [0.1, 0.15) is 0 Å². The first kappa shape index (κ1) is 17.2. The molecule has 0 saturated heterocycles. The normalized spacial score (nSPS) is 14.3. The maximum atomic E-state index is 5.69. The van der Waals surface area contributed by atoms with Crippen molar-refractivity contribution in [1.29, 1.82) is 0 Å². The first-order valence-corrected chi connectivity index (χ1v) is 7.61. The maximum absolute atomic E-state index is 5.69. The van der Waals surface area contributed by atoms with Crippen LogP contribution >= 0.6 is 0 Å². The molecule has 1 aromatic carbocycles. The van der Waals surface area contributed by atoms with E-state index in [-0.39, 0.29) is 17.1 Å². The molecular weight excluding hydrogens is 246 g/mol. The van der Waals surface area contributed by atoms with Gasteiger partial charge in [-0.25, -0.2) is 0 Å². The largest absolute Gasteiger partial charge is 0.377 e. The molecule has 0 aliphatic heterocycles. The van der Waals surface area contributed by atoms with Crippen LogP contribution in [0, 0.1) is 0 Å². The molecule has 1 atom stereocenters. The highest BCUT2D eigenvalue weighted by Crippen LogP contribution is 2.30. The zero-order valence-corrected chi connectivity index (χ0v) is 14.2. The molecule has 0 amide bonds. The van der Waals surface area contributed by atoms with E-state index in [1.807, 2.05) is 0 Å². The molecule has 1 rings (SSSR count). The molecule has 1 aromatic rings. The van der Waals surface area contributed by atoms with E-state index in [9.17, 15) is 0 Å². The fourth-order valence-electron chi connectivity index (χ4n) is 2.35. The summed E-state index contributed by atoms with van der Waals surface area (Å²) in [6.45, 7) is 14.2. The van der Waals surface area contributed by atoms with Crippen LogP contribution in [0.2, 0.25) is 0 Å². The maximum Gasteiger partial charge on any atom is 0.0816 e. The molecule has 0 spiro atoms. The molecule has 1 unspecified atom stereocenters. The Morgan fingerprint density at radius 3 is 2.00 bits per heavy atom. The average Bonchev–Trinajstić information content (AvgIpc) is 2.38. The van der Waals surface area contributed by atoms with Crippen LogP contribution in [-0.4, -0.2) is 19.3 Å². The molecular formula is C18H31NO. The van der Waals surface area contributed by atoms with Crippen LogP contribution in [0.3, 0.4) is 0 Å². The van der Waals surface area contributed by atoms with Crippen LogP contribution in [-0.2, 0) is 10.2 Å². The summed E-state index contributed by atoms with van der Waals surface area (Å²) in [5.41, 5.74) is 2.63. The molecule has 0 heterocycles. The lowest BCUT2D eigenvalue weighted by Crippen LogP contribution is -2.41. The van der Waals surface area contributed by atoms with Crippen LogP contribution in [0.25, 0.3) is 0 Å². The minimum absolute atomic E-state index is 0.196. The molecule has 0 radical (unpaired) electrons. The first-order valence-electron chi connectivity index (χ1n) is 7.61. The average molecular weight is 277 g/mol. The van der Waals surface area contributed by atoms with Crippen molar-refractivity contribution in [2.45, 2.75) is 65.0 Å². The number of methoxy groups -OCH3 is 1. The monoisotopic (exact) mass is 277 g/mol. The fourth-order valence-corrected chi connectivity index (χ4v) is 2.35. The van der Waals surface area contributed by atoms with E-state index in [1.54, 1.807) is 7.11 Å². The first-order chi connectivity index (χ1) is 9.22. The summed E-state index contributed by atoms with van der Waals surface area (Å²) in [6, 6.07) is 9.15. The Bertz CT molecular complexity index is 400. The zero-order valence-electron chi connectivity index (χ0n) is 14.2. The van der Waals surface area contributed by atoms with Crippen molar-refractivity contribution in [1.82, 2.24) is 5.32 Å². The van der Waals surface area contributed by atoms with Crippen molar-refractivity contribution in [3.63, 3.8) is 0 Å². The van der Waals surface area contributed by atoms with Gasteiger partial charge < -0.3 is 10.1 Å². The third-order valence-corrected chi connectivity index (χ3v) is 3.93. The van der Waals surface area contributed by atoms with Gasteiger partial charge in [-0.1, -0.05) is 52.0 Å². The Labute approximate surface area is 124 Å². The Balaban J connectivity index is 3.02. The van der Waals surface area contributed by atoms with E-state index >= 15 is 0 Å². The van der Waals surface area contributed by atoms with Crippen molar-refractivity contribution < 1.29 is 4.74 Å². The molecule has 2 nitrogen and oxygen atoms in total. The Morgan fingerprint density at radius 1 is 1.05 bits per heavy atom. The second kappa shape index (κ2) is 6.73. The topological polar surface area (TPSA) is 21.3 Å². The van der Waals surface area contributed by atoms with Crippen LogP contribution in [0.4, 0.5) is 0 Å². The van der Waals surface area contributed by atoms with Gasteiger partial charge in [0.15, 0.2) is 0 Å². The Hall–Kier alpha value is -0.860. The molecule has 20 heavy (non-hydrogen) atoms. The number of nitrogens with one attached hydrogen (secondary N) is 1. The van der Waals surface area contributed by atoms with Gasteiger partial charge in [-0.15, -0.1) is 0 Å². The van der Waals surface area contributed by atoms with Crippen LogP contribution < -0.4 is 5.32 Å². The van der Waals surface area contributed by atoms with Crippen molar-refractivity contribution >= 4 is 0 Å². The van der Waals surface area contributed by atoms with E-state index in [0.29, 0.717) is 0 Å². The molecule has 0 fully saturated rings. The van der Waals surface area contributed by atoms with E-state index < -0.39 is 0 Å². The third kappa shape index (κ3) is 4.32. The molecule has 114 valence electrons. The van der Waals surface area contributed by atoms with Crippen molar-refractivity contribution in [3.05, 3.63) is 35.4 Å². The van der Waals surface area contributed by atoms with Gasteiger partial charge in [-0.05, 0) is 43.4 Å².